The van der Waals surface area contributed by atoms with Gasteiger partial charge in [-0.1, -0.05) is 23.7 Å². The lowest BCUT2D eigenvalue weighted by molar-refractivity contribution is -0.121. The molecule has 4 rings (SSSR count). The molecule has 3 heterocycles. The van der Waals surface area contributed by atoms with Crippen LogP contribution in [0.15, 0.2) is 59.8 Å². The van der Waals surface area contributed by atoms with E-state index in [4.69, 9.17) is 11.6 Å². The van der Waals surface area contributed by atoms with Crippen molar-refractivity contribution in [3.63, 3.8) is 0 Å². The van der Waals surface area contributed by atoms with Gasteiger partial charge in [-0.3, -0.25) is 19.1 Å². The van der Waals surface area contributed by atoms with Crippen molar-refractivity contribution in [1.82, 2.24) is 24.8 Å². The molecule has 0 saturated carbocycles. The topological polar surface area (TPSA) is 105 Å². The van der Waals surface area contributed by atoms with Crippen molar-refractivity contribution < 1.29 is 9.07 Å². The minimum Gasteiger partial charge on any atom is -0.365 e. The summed E-state index contributed by atoms with van der Waals surface area (Å²) in [5.41, 5.74) is 3.06. The first-order valence-corrected chi connectivity index (χ1v) is 10.6. The van der Waals surface area contributed by atoms with Crippen LogP contribution in [0.1, 0.15) is 21.2 Å². The Morgan fingerprint density at radius 2 is 2.12 bits per heavy atom. The second kappa shape index (κ2) is 9.65. The van der Waals surface area contributed by atoms with E-state index in [-0.39, 0.29) is 28.1 Å². The van der Waals surface area contributed by atoms with Crippen LogP contribution in [0.5, 0.6) is 0 Å². The van der Waals surface area contributed by atoms with Gasteiger partial charge in [0.2, 0.25) is 5.91 Å². The van der Waals surface area contributed by atoms with Crippen LogP contribution in [0.25, 0.3) is 10.9 Å². The minimum absolute atomic E-state index is 0. The smallest absolute Gasteiger partial charge is 0.293 e. The van der Waals surface area contributed by atoms with Crippen molar-refractivity contribution in [3.8, 4) is 0 Å². The number of benzene rings is 1. The van der Waals surface area contributed by atoms with E-state index >= 15 is 0 Å². The van der Waals surface area contributed by atoms with E-state index in [9.17, 15) is 9.59 Å². The number of aromatic nitrogens is 4. The molecule has 0 unspecified atom stereocenters. The first-order chi connectivity index (χ1) is 15.5. The Hall–Kier alpha value is -3.65. The average molecular weight is 457 g/mol. The van der Waals surface area contributed by atoms with Crippen LogP contribution < -0.4 is 16.2 Å². The molecule has 4 aromatic rings. The van der Waals surface area contributed by atoms with E-state index < -0.39 is 0 Å². The average Bonchev–Trinajstić information content (AvgIpc) is 3.17. The highest BCUT2D eigenvalue weighted by molar-refractivity contribution is 6.35. The Bertz CT molecular complexity index is 1310. The Labute approximate surface area is 194 Å². The van der Waals surface area contributed by atoms with Crippen LogP contribution >= 0.6 is 11.6 Å². The highest BCUT2D eigenvalue weighted by Gasteiger charge is 2.12. The fraction of sp³-hybridized carbons (Fsp3) is 0.217. The summed E-state index contributed by atoms with van der Waals surface area (Å²) in [4.78, 5) is 36.9. The van der Waals surface area contributed by atoms with Gasteiger partial charge in [-0.2, -0.15) is 0 Å². The van der Waals surface area contributed by atoms with Gasteiger partial charge in [0.15, 0.2) is 5.82 Å². The zero-order valence-corrected chi connectivity index (χ0v) is 18.3. The second-order valence-corrected chi connectivity index (χ2v) is 7.84. The SMILES string of the molecule is Cc1cnc(NCCc2ccccn2)c(=O)n1CC(=O)NCc1ccc2[nH]cc(Cl)c2c1.[HH].[HH].[HH]. The van der Waals surface area contributed by atoms with Crippen molar-refractivity contribution in [2.45, 2.75) is 26.4 Å². The molecule has 170 valence electrons. The third-order valence-corrected chi connectivity index (χ3v) is 5.45. The predicted molar refractivity (Wildman–Crippen MR) is 131 cm³/mol. The van der Waals surface area contributed by atoms with Crippen molar-refractivity contribution >= 4 is 34.2 Å². The van der Waals surface area contributed by atoms with Crippen LogP contribution in [-0.4, -0.2) is 32.0 Å². The molecule has 3 N–H and O–H groups in total. The number of aromatic amines is 1. The van der Waals surface area contributed by atoms with Gasteiger partial charge in [0.1, 0.15) is 6.54 Å². The van der Waals surface area contributed by atoms with Crippen molar-refractivity contribution in [2.24, 2.45) is 0 Å². The third-order valence-electron chi connectivity index (χ3n) is 5.14. The normalized spacial score (nSPS) is 10.9. The van der Waals surface area contributed by atoms with Gasteiger partial charge in [-0.05, 0) is 36.8 Å². The minimum atomic E-state index is -0.332. The van der Waals surface area contributed by atoms with Gasteiger partial charge >= 0.3 is 0 Å². The van der Waals surface area contributed by atoms with Crippen molar-refractivity contribution in [3.05, 3.63) is 87.3 Å². The molecule has 0 fully saturated rings. The largest absolute Gasteiger partial charge is 0.365 e. The van der Waals surface area contributed by atoms with E-state index in [1.54, 1.807) is 25.5 Å². The molecule has 0 aliphatic rings. The monoisotopic (exact) mass is 456 g/mol. The number of nitrogens with zero attached hydrogens (tertiary/aromatic N) is 3. The number of nitrogens with one attached hydrogen (secondary N) is 3. The summed E-state index contributed by atoms with van der Waals surface area (Å²) in [6.45, 7) is 2.51. The zero-order valence-electron chi connectivity index (χ0n) is 17.6. The summed E-state index contributed by atoms with van der Waals surface area (Å²) >= 11 is 6.16. The number of hydrogen-bond donors (Lipinski definition) is 3. The summed E-state index contributed by atoms with van der Waals surface area (Å²) in [5, 5.41) is 7.45. The Morgan fingerprint density at radius 1 is 1.25 bits per heavy atom. The molecular formula is C23H29ClN6O2. The zero-order chi connectivity index (χ0) is 22.5. The summed E-state index contributed by atoms with van der Waals surface area (Å²) in [6, 6.07) is 11.5. The molecule has 0 aliphatic heterocycles. The predicted octanol–water partition coefficient (Wildman–Crippen LogP) is 3.79. The Kier molecular flexibility index (Phi) is 6.51. The molecule has 8 nitrogen and oxygen atoms in total. The highest BCUT2D eigenvalue weighted by atomic mass is 35.5. The Morgan fingerprint density at radius 3 is 2.94 bits per heavy atom. The van der Waals surface area contributed by atoms with E-state index in [0.29, 0.717) is 30.2 Å². The number of fused-ring (bicyclic) bond motifs is 1. The van der Waals surface area contributed by atoms with Gasteiger partial charge in [-0.25, -0.2) is 4.98 Å². The quantitative estimate of drug-likeness (QED) is 0.374. The fourth-order valence-electron chi connectivity index (χ4n) is 3.39. The summed E-state index contributed by atoms with van der Waals surface area (Å²) in [7, 11) is 0. The number of hydrogen-bond acceptors (Lipinski definition) is 5. The van der Waals surface area contributed by atoms with Gasteiger partial charge in [-0.15, -0.1) is 0 Å². The summed E-state index contributed by atoms with van der Waals surface area (Å²) in [6.07, 6.45) is 5.71. The van der Waals surface area contributed by atoms with Crippen LogP contribution in [-0.2, 0) is 24.3 Å². The number of pyridine rings is 1. The fourth-order valence-corrected chi connectivity index (χ4v) is 3.60. The maximum atomic E-state index is 12.8. The molecule has 32 heavy (non-hydrogen) atoms. The van der Waals surface area contributed by atoms with Crippen LogP contribution in [0.4, 0.5) is 5.82 Å². The molecule has 0 atom stereocenters. The van der Waals surface area contributed by atoms with E-state index in [1.165, 1.54) is 4.57 Å². The number of H-pyrrole nitrogens is 1. The lowest BCUT2D eigenvalue weighted by Gasteiger charge is -2.12. The molecule has 0 radical (unpaired) electrons. The standard InChI is InChI=1S/C23H23ClN6O2.3H2/c1-15-11-29-22(26-9-7-17-4-2-3-8-25-17)23(32)30(15)14-21(31)28-12-16-5-6-20-18(10-16)19(24)13-27-20;;;/h2-6,8,10-11,13,27H,7,9,12,14H2,1H3,(H,26,29)(H,28,31);3*1H. The first-order valence-electron chi connectivity index (χ1n) is 10.2. The number of rotatable bonds is 8. The molecule has 0 aliphatic carbocycles. The summed E-state index contributed by atoms with van der Waals surface area (Å²) in [5.74, 6) is -0.0482. The number of amides is 1. The van der Waals surface area contributed by atoms with Gasteiger partial charge < -0.3 is 15.6 Å². The summed E-state index contributed by atoms with van der Waals surface area (Å²) < 4.78 is 1.41. The van der Waals surface area contributed by atoms with Crippen molar-refractivity contribution in [2.75, 3.05) is 11.9 Å². The van der Waals surface area contributed by atoms with Gasteiger partial charge in [0.05, 0.1) is 5.02 Å². The lowest BCUT2D eigenvalue weighted by Crippen LogP contribution is -2.34. The number of anilines is 1. The maximum absolute atomic E-state index is 12.8. The molecule has 9 heteroatoms. The molecule has 1 amide bonds. The maximum Gasteiger partial charge on any atom is 0.293 e. The van der Waals surface area contributed by atoms with E-state index in [1.807, 2.05) is 36.4 Å². The molecule has 1 aromatic carbocycles. The molecule has 0 spiro atoms. The van der Waals surface area contributed by atoms with E-state index in [2.05, 4.69) is 25.6 Å². The molecular weight excluding hydrogens is 428 g/mol. The molecule has 0 saturated heterocycles. The number of aryl methyl sites for hydroxylation is 1. The van der Waals surface area contributed by atoms with Crippen LogP contribution in [0.2, 0.25) is 5.02 Å². The Balaban J connectivity index is 0.00000204. The number of halogens is 1. The third kappa shape index (κ3) is 4.97. The number of carbonyl (C=O) groups is 1. The molecule has 0 bridgehead atoms. The lowest BCUT2D eigenvalue weighted by atomic mass is 10.1. The van der Waals surface area contributed by atoms with Crippen LogP contribution in [0, 0.1) is 6.92 Å². The molecule has 3 aromatic heterocycles. The highest BCUT2D eigenvalue weighted by Crippen LogP contribution is 2.23. The second-order valence-electron chi connectivity index (χ2n) is 7.43. The van der Waals surface area contributed by atoms with Gasteiger partial charge in [0, 0.05) is 64.7 Å². The first kappa shape index (κ1) is 21.6. The van der Waals surface area contributed by atoms with Gasteiger partial charge in [0.25, 0.3) is 5.56 Å². The van der Waals surface area contributed by atoms with Crippen molar-refractivity contribution in [1.29, 1.82) is 0 Å². The van der Waals surface area contributed by atoms with E-state index in [0.717, 1.165) is 22.2 Å². The van der Waals surface area contributed by atoms with Crippen LogP contribution in [0.3, 0.4) is 0 Å². The number of carbonyl (C=O) groups excluding carboxylic acids is 1.